The fraction of sp³-hybridized carbons (Fsp3) is 0.600. The van der Waals surface area contributed by atoms with E-state index < -0.39 is 0 Å². The Balaban J connectivity index is 1.80. The molecule has 1 atom stereocenters. The van der Waals surface area contributed by atoms with Gasteiger partial charge in [0.2, 0.25) is 0 Å². The van der Waals surface area contributed by atoms with Crippen LogP contribution in [0.2, 0.25) is 0 Å². The Kier molecular flexibility index (Phi) is 5.63. The first-order valence-corrected chi connectivity index (χ1v) is 6.93. The third-order valence-corrected chi connectivity index (χ3v) is 3.51. The van der Waals surface area contributed by atoms with Gasteiger partial charge in [0.1, 0.15) is 5.75 Å². The molecule has 4 nitrogen and oxygen atoms in total. The summed E-state index contributed by atoms with van der Waals surface area (Å²) < 4.78 is 10.4. The predicted molar refractivity (Wildman–Crippen MR) is 74.5 cm³/mol. The molecule has 0 aliphatic heterocycles. The minimum absolute atomic E-state index is 0.335. The van der Waals surface area contributed by atoms with Crippen LogP contribution in [-0.4, -0.2) is 38.6 Å². The monoisotopic (exact) mass is 265 g/mol. The molecule has 4 heteroatoms. The zero-order chi connectivity index (χ0) is 13.5. The number of aromatic hydroxyl groups is 1. The molecule has 0 fully saturated rings. The summed E-state index contributed by atoms with van der Waals surface area (Å²) in [5.74, 6) is 0.351. The van der Waals surface area contributed by atoms with Gasteiger partial charge in [0.05, 0.1) is 19.8 Å². The predicted octanol–water partition coefficient (Wildman–Crippen LogP) is 2.02. The Bertz CT molecular complexity index is 395. The van der Waals surface area contributed by atoms with Gasteiger partial charge in [0.25, 0.3) is 0 Å². The molecule has 0 saturated carbocycles. The summed E-state index contributed by atoms with van der Waals surface area (Å²) in [7, 11) is 1.67. The van der Waals surface area contributed by atoms with Gasteiger partial charge in [-0.25, -0.2) is 0 Å². The van der Waals surface area contributed by atoms with Crippen molar-refractivity contribution in [3.63, 3.8) is 0 Å². The van der Waals surface area contributed by atoms with Gasteiger partial charge in [-0.3, -0.25) is 0 Å². The fourth-order valence-corrected chi connectivity index (χ4v) is 2.55. The highest BCUT2D eigenvalue weighted by molar-refractivity contribution is 5.38. The van der Waals surface area contributed by atoms with Gasteiger partial charge >= 0.3 is 0 Å². The number of nitrogens with one attached hydrogen (secondary N) is 1. The van der Waals surface area contributed by atoms with E-state index in [2.05, 4.69) is 5.32 Å². The number of benzene rings is 1. The van der Waals surface area contributed by atoms with Gasteiger partial charge in [-0.2, -0.15) is 0 Å². The molecule has 2 rings (SSSR count). The quantitative estimate of drug-likeness (QED) is 0.741. The van der Waals surface area contributed by atoms with Crippen LogP contribution in [0, 0.1) is 0 Å². The van der Waals surface area contributed by atoms with Crippen molar-refractivity contribution in [2.45, 2.75) is 25.3 Å². The Morgan fingerprint density at radius 2 is 2.21 bits per heavy atom. The molecule has 2 N–H and O–H groups in total. The lowest BCUT2D eigenvalue weighted by atomic mass is 9.87. The van der Waals surface area contributed by atoms with E-state index >= 15 is 0 Å². The molecule has 0 amide bonds. The van der Waals surface area contributed by atoms with Gasteiger partial charge in [-0.05, 0) is 42.5 Å². The first-order chi connectivity index (χ1) is 9.31. The molecule has 0 bridgehead atoms. The number of fused-ring (bicyclic) bond motifs is 1. The average Bonchev–Trinajstić information content (AvgIpc) is 2.43. The standard InChI is InChI=1S/C15H23NO3/c1-18-9-10-19-8-7-16-15-4-2-3-12-5-6-13(17)11-14(12)15/h5-6,11,15-17H,2-4,7-10H2,1H3. The van der Waals surface area contributed by atoms with Crippen LogP contribution >= 0.6 is 0 Å². The smallest absolute Gasteiger partial charge is 0.115 e. The maximum Gasteiger partial charge on any atom is 0.115 e. The van der Waals surface area contributed by atoms with Crippen molar-refractivity contribution in [3.05, 3.63) is 29.3 Å². The second-order valence-corrected chi connectivity index (χ2v) is 4.89. The van der Waals surface area contributed by atoms with E-state index in [9.17, 15) is 5.11 Å². The molecule has 0 heterocycles. The first kappa shape index (κ1) is 14.3. The summed E-state index contributed by atoms with van der Waals surface area (Å²) in [6, 6.07) is 6.03. The van der Waals surface area contributed by atoms with E-state index in [4.69, 9.17) is 9.47 Å². The maximum absolute atomic E-state index is 9.61. The highest BCUT2D eigenvalue weighted by Gasteiger charge is 2.19. The van der Waals surface area contributed by atoms with E-state index in [0.717, 1.165) is 19.4 Å². The lowest BCUT2D eigenvalue weighted by Gasteiger charge is -2.26. The van der Waals surface area contributed by atoms with Crippen LogP contribution in [0.5, 0.6) is 5.75 Å². The summed E-state index contributed by atoms with van der Waals surface area (Å²) in [6.45, 7) is 2.79. The van der Waals surface area contributed by atoms with Crippen LogP contribution in [0.3, 0.4) is 0 Å². The number of hydrogen-bond acceptors (Lipinski definition) is 4. The second-order valence-electron chi connectivity index (χ2n) is 4.89. The van der Waals surface area contributed by atoms with Gasteiger partial charge in [0, 0.05) is 19.7 Å². The Morgan fingerprint density at radius 3 is 3.05 bits per heavy atom. The largest absolute Gasteiger partial charge is 0.508 e. The van der Waals surface area contributed by atoms with Crippen molar-refractivity contribution in [1.82, 2.24) is 5.32 Å². The van der Waals surface area contributed by atoms with Gasteiger partial charge in [-0.15, -0.1) is 0 Å². The van der Waals surface area contributed by atoms with Crippen molar-refractivity contribution in [3.8, 4) is 5.75 Å². The van der Waals surface area contributed by atoms with Crippen LogP contribution in [0.1, 0.15) is 30.0 Å². The SMILES string of the molecule is COCCOCCNC1CCCc2ccc(O)cc21. The number of phenols is 1. The summed E-state index contributed by atoms with van der Waals surface area (Å²) in [5, 5.41) is 13.1. The van der Waals surface area contributed by atoms with Crippen molar-refractivity contribution in [2.75, 3.05) is 33.5 Å². The van der Waals surface area contributed by atoms with Gasteiger partial charge in [-0.1, -0.05) is 6.07 Å². The number of methoxy groups -OCH3 is 1. The van der Waals surface area contributed by atoms with E-state index in [-0.39, 0.29) is 0 Å². The molecule has 1 aliphatic carbocycles. The van der Waals surface area contributed by atoms with Crippen molar-refractivity contribution >= 4 is 0 Å². The van der Waals surface area contributed by atoms with Gasteiger partial charge in [0.15, 0.2) is 0 Å². The topological polar surface area (TPSA) is 50.7 Å². The molecule has 0 aromatic heterocycles. The number of aryl methyl sites for hydroxylation is 1. The van der Waals surface area contributed by atoms with Crippen LogP contribution in [-0.2, 0) is 15.9 Å². The molecular weight excluding hydrogens is 242 g/mol. The lowest BCUT2D eigenvalue weighted by Crippen LogP contribution is -2.28. The molecular formula is C15H23NO3. The Hall–Kier alpha value is -1.10. The highest BCUT2D eigenvalue weighted by atomic mass is 16.5. The zero-order valence-electron chi connectivity index (χ0n) is 11.5. The molecule has 106 valence electrons. The number of ether oxygens (including phenoxy) is 2. The molecule has 1 aromatic rings. The van der Waals surface area contributed by atoms with Gasteiger partial charge < -0.3 is 19.9 Å². The second kappa shape index (κ2) is 7.48. The van der Waals surface area contributed by atoms with Crippen molar-refractivity contribution in [2.24, 2.45) is 0 Å². The lowest BCUT2D eigenvalue weighted by molar-refractivity contribution is 0.0708. The summed E-state index contributed by atoms with van der Waals surface area (Å²) in [5.41, 5.74) is 2.59. The fourth-order valence-electron chi connectivity index (χ4n) is 2.55. The van der Waals surface area contributed by atoms with Crippen LogP contribution in [0.4, 0.5) is 0 Å². The van der Waals surface area contributed by atoms with Crippen molar-refractivity contribution in [1.29, 1.82) is 0 Å². The third kappa shape index (κ3) is 4.20. The Morgan fingerprint density at radius 1 is 1.32 bits per heavy atom. The van der Waals surface area contributed by atoms with Crippen LogP contribution in [0.25, 0.3) is 0 Å². The maximum atomic E-state index is 9.61. The van der Waals surface area contributed by atoms with Crippen LogP contribution < -0.4 is 5.32 Å². The molecule has 0 spiro atoms. The molecule has 0 saturated heterocycles. The number of rotatable bonds is 7. The van der Waals surface area contributed by atoms with E-state index in [0.29, 0.717) is 31.6 Å². The summed E-state index contributed by atoms with van der Waals surface area (Å²) in [6.07, 6.45) is 3.42. The molecule has 0 radical (unpaired) electrons. The molecule has 19 heavy (non-hydrogen) atoms. The summed E-state index contributed by atoms with van der Waals surface area (Å²) in [4.78, 5) is 0. The van der Waals surface area contributed by atoms with Crippen molar-refractivity contribution < 1.29 is 14.6 Å². The number of hydrogen-bond donors (Lipinski definition) is 2. The normalized spacial score (nSPS) is 18.3. The van der Waals surface area contributed by atoms with E-state index in [1.807, 2.05) is 12.1 Å². The minimum atomic E-state index is 0.335. The van der Waals surface area contributed by atoms with Crippen LogP contribution in [0.15, 0.2) is 18.2 Å². The zero-order valence-corrected chi connectivity index (χ0v) is 11.5. The summed E-state index contributed by atoms with van der Waals surface area (Å²) >= 11 is 0. The average molecular weight is 265 g/mol. The Labute approximate surface area is 114 Å². The van der Waals surface area contributed by atoms with E-state index in [1.165, 1.54) is 17.5 Å². The minimum Gasteiger partial charge on any atom is -0.508 e. The number of phenolic OH excluding ortho intramolecular Hbond substituents is 1. The molecule has 1 aromatic carbocycles. The van der Waals surface area contributed by atoms with E-state index in [1.54, 1.807) is 13.2 Å². The molecule has 1 unspecified atom stereocenters. The first-order valence-electron chi connectivity index (χ1n) is 6.93. The third-order valence-electron chi connectivity index (χ3n) is 3.51. The highest BCUT2D eigenvalue weighted by Crippen LogP contribution is 2.31. The molecule has 1 aliphatic rings.